The largest absolute Gasteiger partial charge is 0.323 e. The normalized spacial score (nSPS) is 19.5. The Labute approximate surface area is 136 Å². The topological polar surface area (TPSA) is 66.5 Å². The van der Waals surface area contributed by atoms with E-state index in [0.717, 1.165) is 24.6 Å². The van der Waals surface area contributed by atoms with Gasteiger partial charge >= 0.3 is 6.03 Å². The third-order valence-electron chi connectivity index (χ3n) is 3.57. The van der Waals surface area contributed by atoms with Gasteiger partial charge in [0.05, 0.1) is 10.6 Å². The lowest BCUT2D eigenvalue weighted by molar-refractivity contribution is 0.210. The molecule has 5 nitrogen and oxygen atoms in total. The summed E-state index contributed by atoms with van der Waals surface area (Å²) in [6.07, 6.45) is 0. The maximum Gasteiger partial charge on any atom is 0.321 e. The van der Waals surface area contributed by atoms with Crippen LogP contribution in [0.2, 0.25) is 0 Å². The molecule has 1 aliphatic heterocycles. The number of hydrogen-bond acceptors (Lipinski definition) is 4. The van der Waals surface area contributed by atoms with Crippen molar-refractivity contribution in [3.05, 3.63) is 24.3 Å². The van der Waals surface area contributed by atoms with E-state index in [4.69, 9.17) is 0 Å². The second kappa shape index (κ2) is 7.37. The summed E-state index contributed by atoms with van der Waals surface area (Å²) in [4.78, 5) is 14.4. The molecule has 0 saturated carbocycles. The lowest BCUT2D eigenvalue weighted by Gasteiger charge is -2.22. The van der Waals surface area contributed by atoms with E-state index in [9.17, 15) is 13.2 Å². The highest BCUT2D eigenvalue weighted by Gasteiger charge is 2.20. The van der Waals surface area contributed by atoms with Gasteiger partial charge in [-0.15, -0.1) is 0 Å². The second-order valence-corrected chi connectivity index (χ2v) is 8.91. The molecule has 1 aliphatic rings. The van der Waals surface area contributed by atoms with Crippen LogP contribution in [0.25, 0.3) is 0 Å². The molecular formula is C15H22N2O3S2. The van der Waals surface area contributed by atoms with Crippen LogP contribution in [0.4, 0.5) is 10.5 Å². The molecule has 7 heteroatoms. The first-order valence-electron chi connectivity index (χ1n) is 7.39. The van der Waals surface area contributed by atoms with Crippen molar-refractivity contribution in [2.45, 2.75) is 18.7 Å². The van der Waals surface area contributed by atoms with Crippen molar-refractivity contribution >= 4 is 33.3 Å². The molecule has 0 aromatic heterocycles. The van der Waals surface area contributed by atoms with Crippen LogP contribution in [-0.2, 0) is 9.84 Å². The summed E-state index contributed by atoms with van der Waals surface area (Å²) in [7, 11) is -3.20. The number of rotatable bonds is 3. The highest BCUT2D eigenvalue weighted by molar-refractivity contribution is 7.99. The first-order valence-corrected chi connectivity index (χ1v) is 10.2. The average Bonchev–Trinajstić information content (AvgIpc) is 2.72. The monoisotopic (exact) mass is 342 g/mol. The maximum atomic E-state index is 12.3. The number of hydrogen-bond donors (Lipinski definition) is 1. The van der Waals surface area contributed by atoms with E-state index >= 15 is 0 Å². The first kappa shape index (κ1) is 17.1. The zero-order valence-corrected chi connectivity index (χ0v) is 14.5. The van der Waals surface area contributed by atoms with E-state index in [1.54, 1.807) is 19.1 Å². The molecular weight excluding hydrogens is 320 g/mol. The summed E-state index contributed by atoms with van der Waals surface area (Å²) in [5.74, 6) is 2.58. The number of benzene rings is 1. The van der Waals surface area contributed by atoms with Gasteiger partial charge in [-0.2, -0.15) is 11.8 Å². The molecule has 1 aromatic rings. The average molecular weight is 342 g/mol. The van der Waals surface area contributed by atoms with Crippen LogP contribution in [0.3, 0.4) is 0 Å². The van der Waals surface area contributed by atoms with E-state index in [0.29, 0.717) is 11.6 Å². The van der Waals surface area contributed by atoms with Crippen molar-refractivity contribution in [3.8, 4) is 0 Å². The van der Waals surface area contributed by atoms with E-state index < -0.39 is 9.84 Å². The Balaban J connectivity index is 2.02. The number of nitrogens with one attached hydrogen (secondary N) is 1. The van der Waals surface area contributed by atoms with E-state index in [2.05, 4.69) is 12.2 Å². The number of amides is 2. The Kier molecular flexibility index (Phi) is 5.74. The standard InChI is InChI=1S/C15H22N2O3S2/c1-3-22(19,20)14-6-4-13(5-7-14)16-15(18)17-8-9-21-11-12(2)10-17/h4-7,12H,3,8-11H2,1-2H3,(H,16,18)/t12-/m1/s1. The van der Waals surface area contributed by atoms with Crippen molar-refractivity contribution < 1.29 is 13.2 Å². The molecule has 0 spiro atoms. The third-order valence-corrected chi connectivity index (χ3v) is 6.60. The molecule has 2 rings (SSSR count). The van der Waals surface area contributed by atoms with Crippen molar-refractivity contribution in [1.29, 1.82) is 0 Å². The Morgan fingerprint density at radius 1 is 1.36 bits per heavy atom. The van der Waals surface area contributed by atoms with Gasteiger partial charge < -0.3 is 10.2 Å². The molecule has 1 atom stereocenters. The number of urea groups is 1. The molecule has 1 fully saturated rings. The number of nitrogens with zero attached hydrogens (tertiary/aromatic N) is 1. The van der Waals surface area contributed by atoms with Gasteiger partial charge in [0.15, 0.2) is 9.84 Å². The summed E-state index contributed by atoms with van der Waals surface area (Å²) >= 11 is 1.87. The van der Waals surface area contributed by atoms with Crippen LogP contribution in [0.5, 0.6) is 0 Å². The predicted molar refractivity (Wildman–Crippen MR) is 91.2 cm³/mol. The van der Waals surface area contributed by atoms with Gasteiger partial charge in [0.1, 0.15) is 0 Å². The molecule has 0 radical (unpaired) electrons. The molecule has 0 bridgehead atoms. The van der Waals surface area contributed by atoms with Crippen molar-refractivity contribution in [3.63, 3.8) is 0 Å². The summed E-state index contributed by atoms with van der Waals surface area (Å²) in [5.41, 5.74) is 0.615. The molecule has 2 amide bonds. The van der Waals surface area contributed by atoms with E-state index in [-0.39, 0.29) is 16.7 Å². The molecule has 1 N–H and O–H groups in total. The van der Waals surface area contributed by atoms with Gasteiger partial charge in [0, 0.05) is 24.5 Å². The quantitative estimate of drug-likeness (QED) is 0.917. The molecule has 0 unspecified atom stereocenters. The highest BCUT2D eigenvalue weighted by atomic mass is 32.2. The van der Waals surface area contributed by atoms with Crippen LogP contribution in [0.1, 0.15) is 13.8 Å². The molecule has 0 aliphatic carbocycles. The Bertz CT molecular complexity index is 614. The van der Waals surface area contributed by atoms with Crippen LogP contribution in [0.15, 0.2) is 29.2 Å². The van der Waals surface area contributed by atoms with Crippen LogP contribution < -0.4 is 5.32 Å². The Hall–Kier alpha value is -1.21. The van der Waals surface area contributed by atoms with Gasteiger partial charge in [-0.1, -0.05) is 13.8 Å². The molecule has 22 heavy (non-hydrogen) atoms. The maximum absolute atomic E-state index is 12.3. The zero-order chi connectivity index (χ0) is 16.2. The zero-order valence-electron chi connectivity index (χ0n) is 12.9. The fourth-order valence-corrected chi connectivity index (χ4v) is 4.19. The van der Waals surface area contributed by atoms with Gasteiger partial charge in [0.2, 0.25) is 0 Å². The van der Waals surface area contributed by atoms with Gasteiger partial charge in [-0.3, -0.25) is 0 Å². The lowest BCUT2D eigenvalue weighted by Crippen LogP contribution is -2.38. The lowest BCUT2D eigenvalue weighted by atomic mass is 10.2. The van der Waals surface area contributed by atoms with Crippen LogP contribution in [-0.4, -0.2) is 49.7 Å². The predicted octanol–water partition coefficient (Wildman–Crippen LogP) is 2.70. The molecule has 122 valence electrons. The minimum atomic E-state index is -3.20. The summed E-state index contributed by atoms with van der Waals surface area (Å²) < 4.78 is 23.5. The number of carbonyl (C=O) groups is 1. The van der Waals surface area contributed by atoms with Gasteiger partial charge in [-0.05, 0) is 35.9 Å². The van der Waals surface area contributed by atoms with Gasteiger partial charge in [-0.25, -0.2) is 13.2 Å². The van der Waals surface area contributed by atoms with Crippen molar-refractivity contribution in [2.24, 2.45) is 5.92 Å². The van der Waals surface area contributed by atoms with E-state index in [1.807, 2.05) is 16.7 Å². The highest BCUT2D eigenvalue weighted by Crippen LogP contribution is 2.18. The van der Waals surface area contributed by atoms with Crippen molar-refractivity contribution in [2.75, 3.05) is 35.7 Å². The number of carbonyl (C=O) groups excluding carboxylic acids is 1. The number of sulfone groups is 1. The summed E-state index contributed by atoms with van der Waals surface area (Å²) in [6.45, 7) is 5.25. The summed E-state index contributed by atoms with van der Waals surface area (Å²) in [6, 6.07) is 6.22. The SMILES string of the molecule is CCS(=O)(=O)c1ccc(NC(=O)N2CCSC[C@H](C)C2)cc1. The van der Waals surface area contributed by atoms with Crippen LogP contribution >= 0.6 is 11.8 Å². The number of anilines is 1. The van der Waals surface area contributed by atoms with Crippen molar-refractivity contribution in [1.82, 2.24) is 4.90 Å². The Morgan fingerprint density at radius 3 is 2.68 bits per heavy atom. The smallest absolute Gasteiger partial charge is 0.321 e. The molecule has 1 heterocycles. The fraction of sp³-hybridized carbons (Fsp3) is 0.533. The second-order valence-electron chi connectivity index (χ2n) is 5.48. The Morgan fingerprint density at radius 2 is 2.05 bits per heavy atom. The molecule has 1 aromatic carbocycles. The number of thioether (sulfide) groups is 1. The minimum absolute atomic E-state index is 0.0715. The van der Waals surface area contributed by atoms with Crippen LogP contribution in [0, 0.1) is 5.92 Å². The minimum Gasteiger partial charge on any atom is -0.323 e. The fourth-order valence-electron chi connectivity index (χ4n) is 2.28. The first-order chi connectivity index (χ1) is 10.4. The van der Waals surface area contributed by atoms with E-state index in [1.165, 1.54) is 12.1 Å². The van der Waals surface area contributed by atoms with Gasteiger partial charge in [0.25, 0.3) is 0 Å². The third kappa shape index (κ3) is 4.39. The molecule has 1 saturated heterocycles. The summed E-state index contributed by atoms with van der Waals surface area (Å²) in [5, 5.41) is 2.84.